The fourth-order valence-electron chi connectivity index (χ4n) is 2.03. The van der Waals surface area contributed by atoms with Gasteiger partial charge in [-0.3, -0.25) is 0 Å². The molecule has 1 saturated carbocycles. The normalized spacial score (nSPS) is 21.6. The quantitative estimate of drug-likeness (QED) is 0.597. The van der Waals surface area contributed by atoms with Gasteiger partial charge in [0.2, 0.25) is 0 Å². The van der Waals surface area contributed by atoms with Crippen LogP contribution in [-0.4, -0.2) is 0 Å². The van der Waals surface area contributed by atoms with Gasteiger partial charge in [-0.15, -0.1) is 0 Å². The van der Waals surface area contributed by atoms with Gasteiger partial charge in [-0.05, 0) is 36.8 Å². The van der Waals surface area contributed by atoms with E-state index in [9.17, 15) is 8.78 Å². The fourth-order valence-corrected chi connectivity index (χ4v) is 2.03. The second-order valence-corrected chi connectivity index (χ2v) is 3.86. The van der Waals surface area contributed by atoms with E-state index in [4.69, 9.17) is 0 Å². The molecule has 2 heteroatoms. The summed E-state index contributed by atoms with van der Waals surface area (Å²) in [4.78, 5) is 0. The molecule has 0 heterocycles. The Kier molecular flexibility index (Phi) is 2.36. The molecule has 1 aliphatic rings. The van der Waals surface area contributed by atoms with E-state index >= 15 is 0 Å². The third-order valence-electron chi connectivity index (χ3n) is 2.78. The summed E-state index contributed by atoms with van der Waals surface area (Å²) in [7, 11) is 0. The van der Waals surface area contributed by atoms with Crippen LogP contribution in [0.15, 0.2) is 30.4 Å². The Morgan fingerprint density at radius 3 is 2.64 bits per heavy atom. The predicted octanol–water partition coefficient (Wildman–Crippen LogP) is 3.79. The van der Waals surface area contributed by atoms with E-state index < -0.39 is 11.6 Å². The third kappa shape index (κ3) is 1.69. The number of rotatable bonds is 1. The Morgan fingerprint density at radius 2 is 2.07 bits per heavy atom. The van der Waals surface area contributed by atoms with E-state index in [0.717, 1.165) is 25.3 Å². The van der Waals surface area contributed by atoms with Crippen molar-refractivity contribution in [1.82, 2.24) is 0 Å². The van der Waals surface area contributed by atoms with Gasteiger partial charge < -0.3 is 0 Å². The summed E-state index contributed by atoms with van der Waals surface area (Å²) in [6.07, 6.45) is 2.73. The standard InChI is InChI=1S/C12H12F2/c1-8-2-3-9(6-8)11-5-4-10(13)7-12(11)14/h4-5,7,9H,1-3,6H2/t9-/m0/s1. The highest BCUT2D eigenvalue weighted by molar-refractivity contribution is 5.26. The molecule has 14 heavy (non-hydrogen) atoms. The van der Waals surface area contributed by atoms with Gasteiger partial charge in [0.15, 0.2) is 0 Å². The zero-order valence-corrected chi connectivity index (χ0v) is 7.89. The van der Waals surface area contributed by atoms with Gasteiger partial charge in [0, 0.05) is 6.07 Å². The number of halogens is 2. The van der Waals surface area contributed by atoms with Crippen LogP contribution in [0.2, 0.25) is 0 Å². The Morgan fingerprint density at radius 1 is 1.29 bits per heavy atom. The van der Waals surface area contributed by atoms with Crippen LogP contribution in [0.5, 0.6) is 0 Å². The summed E-state index contributed by atoms with van der Waals surface area (Å²) in [5.74, 6) is -0.740. The molecule has 0 nitrogen and oxygen atoms in total. The highest BCUT2D eigenvalue weighted by Crippen LogP contribution is 2.37. The molecule has 0 radical (unpaired) electrons. The second-order valence-electron chi connectivity index (χ2n) is 3.86. The molecular formula is C12H12F2. The minimum atomic E-state index is -0.511. The summed E-state index contributed by atoms with van der Waals surface area (Å²) in [5, 5.41) is 0. The van der Waals surface area contributed by atoms with E-state index in [1.807, 2.05) is 0 Å². The maximum Gasteiger partial charge on any atom is 0.129 e. The SMILES string of the molecule is C=C1CC[C@H](c2ccc(F)cc2F)C1. The Labute approximate surface area is 82.3 Å². The maximum atomic E-state index is 13.4. The first-order valence-corrected chi connectivity index (χ1v) is 4.78. The van der Waals surface area contributed by atoms with Crippen LogP contribution in [0.3, 0.4) is 0 Å². The monoisotopic (exact) mass is 194 g/mol. The predicted molar refractivity (Wildman–Crippen MR) is 52.1 cm³/mol. The zero-order valence-electron chi connectivity index (χ0n) is 7.89. The second kappa shape index (κ2) is 3.52. The molecule has 0 amide bonds. The van der Waals surface area contributed by atoms with Gasteiger partial charge in [-0.1, -0.05) is 18.2 Å². The van der Waals surface area contributed by atoms with Crippen molar-refractivity contribution in [3.05, 3.63) is 47.5 Å². The van der Waals surface area contributed by atoms with Crippen LogP contribution in [0.25, 0.3) is 0 Å². The molecule has 1 aromatic carbocycles. The average Bonchev–Trinajstić information content (AvgIpc) is 2.51. The van der Waals surface area contributed by atoms with Crippen molar-refractivity contribution in [2.24, 2.45) is 0 Å². The van der Waals surface area contributed by atoms with Crippen LogP contribution in [0.1, 0.15) is 30.7 Å². The zero-order chi connectivity index (χ0) is 10.1. The first kappa shape index (κ1) is 9.38. The summed E-state index contributed by atoms with van der Waals surface area (Å²) in [5.41, 5.74) is 1.80. The molecule has 2 rings (SSSR count). The number of hydrogen-bond donors (Lipinski definition) is 0. The van der Waals surface area contributed by atoms with Gasteiger partial charge in [0.25, 0.3) is 0 Å². The van der Waals surface area contributed by atoms with Crippen LogP contribution in [0, 0.1) is 11.6 Å². The maximum absolute atomic E-state index is 13.4. The number of benzene rings is 1. The minimum Gasteiger partial charge on any atom is -0.207 e. The third-order valence-corrected chi connectivity index (χ3v) is 2.78. The Balaban J connectivity index is 2.28. The molecule has 0 unspecified atom stereocenters. The molecule has 0 N–H and O–H groups in total. The van der Waals surface area contributed by atoms with Crippen molar-refractivity contribution >= 4 is 0 Å². The van der Waals surface area contributed by atoms with E-state index in [0.29, 0.717) is 5.56 Å². The largest absolute Gasteiger partial charge is 0.207 e. The van der Waals surface area contributed by atoms with Crippen molar-refractivity contribution in [2.75, 3.05) is 0 Å². The molecule has 1 aliphatic carbocycles. The lowest BCUT2D eigenvalue weighted by Gasteiger charge is -2.09. The van der Waals surface area contributed by atoms with Gasteiger partial charge in [-0.25, -0.2) is 8.78 Å². The first-order valence-electron chi connectivity index (χ1n) is 4.78. The van der Waals surface area contributed by atoms with Crippen molar-refractivity contribution in [3.8, 4) is 0 Å². The molecule has 0 bridgehead atoms. The first-order chi connectivity index (χ1) is 6.66. The van der Waals surface area contributed by atoms with Crippen LogP contribution in [0.4, 0.5) is 8.78 Å². The van der Waals surface area contributed by atoms with E-state index in [1.165, 1.54) is 11.6 Å². The number of allylic oxidation sites excluding steroid dienone is 1. The topological polar surface area (TPSA) is 0 Å². The molecule has 74 valence electrons. The molecule has 0 spiro atoms. The molecule has 1 atom stereocenters. The summed E-state index contributed by atoms with van der Waals surface area (Å²) >= 11 is 0. The highest BCUT2D eigenvalue weighted by Gasteiger charge is 2.22. The van der Waals surface area contributed by atoms with Gasteiger partial charge >= 0.3 is 0 Å². The van der Waals surface area contributed by atoms with E-state index in [1.54, 1.807) is 6.07 Å². The molecule has 0 saturated heterocycles. The summed E-state index contributed by atoms with van der Waals surface area (Å²) < 4.78 is 26.0. The van der Waals surface area contributed by atoms with Gasteiger partial charge in [0.1, 0.15) is 11.6 Å². The van der Waals surface area contributed by atoms with Crippen molar-refractivity contribution in [2.45, 2.75) is 25.2 Å². The van der Waals surface area contributed by atoms with E-state index in [2.05, 4.69) is 6.58 Å². The van der Waals surface area contributed by atoms with E-state index in [-0.39, 0.29) is 5.92 Å². The highest BCUT2D eigenvalue weighted by atomic mass is 19.1. The van der Waals surface area contributed by atoms with Crippen molar-refractivity contribution in [3.63, 3.8) is 0 Å². The number of hydrogen-bond acceptors (Lipinski definition) is 0. The lowest BCUT2D eigenvalue weighted by molar-refractivity contribution is 0.555. The van der Waals surface area contributed by atoms with Crippen LogP contribution < -0.4 is 0 Å². The van der Waals surface area contributed by atoms with Gasteiger partial charge in [-0.2, -0.15) is 0 Å². The Hall–Kier alpha value is -1.18. The molecule has 0 aromatic heterocycles. The average molecular weight is 194 g/mol. The lowest BCUT2D eigenvalue weighted by Crippen LogP contribution is -1.97. The molecule has 1 fully saturated rings. The lowest BCUT2D eigenvalue weighted by atomic mass is 9.97. The fraction of sp³-hybridized carbons (Fsp3) is 0.333. The summed E-state index contributed by atoms with van der Waals surface area (Å²) in [6.45, 7) is 3.88. The molecule has 1 aromatic rings. The van der Waals surface area contributed by atoms with Gasteiger partial charge in [0.05, 0.1) is 0 Å². The Bertz CT molecular complexity index is 369. The van der Waals surface area contributed by atoms with Crippen molar-refractivity contribution in [1.29, 1.82) is 0 Å². The minimum absolute atomic E-state index is 0.197. The smallest absolute Gasteiger partial charge is 0.129 e. The molecule has 0 aliphatic heterocycles. The molecular weight excluding hydrogens is 182 g/mol. The van der Waals surface area contributed by atoms with Crippen molar-refractivity contribution < 1.29 is 8.78 Å². The van der Waals surface area contributed by atoms with Crippen LogP contribution in [-0.2, 0) is 0 Å². The van der Waals surface area contributed by atoms with Crippen LogP contribution >= 0.6 is 0 Å². The summed E-state index contributed by atoms with van der Waals surface area (Å²) in [6, 6.07) is 3.82.